The van der Waals surface area contributed by atoms with E-state index in [9.17, 15) is 8.78 Å². The molecule has 1 atom stereocenters. The molecule has 2 aromatic rings. The molecule has 0 saturated carbocycles. The number of hydrogen-bond donors (Lipinski definition) is 1. The smallest absolute Gasteiger partial charge is 0.387 e. The standard InChI is InChI=1S/C15H15F2NO/c1-10-6-8-11(9-7-10)14(18)12-4-2-3-5-13(12)19-15(16)17/h2-9,14-15H,18H2,1H3. The molecule has 2 rings (SSSR count). The molecule has 4 heteroatoms. The van der Waals surface area contributed by atoms with Gasteiger partial charge in [-0.1, -0.05) is 48.0 Å². The van der Waals surface area contributed by atoms with E-state index in [2.05, 4.69) is 4.74 Å². The van der Waals surface area contributed by atoms with Crippen molar-refractivity contribution in [2.45, 2.75) is 19.6 Å². The molecule has 2 aromatic carbocycles. The maximum Gasteiger partial charge on any atom is 0.387 e. The number of alkyl halides is 2. The van der Waals surface area contributed by atoms with Crippen molar-refractivity contribution in [2.75, 3.05) is 0 Å². The third-order valence-electron chi connectivity index (χ3n) is 2.91. The van der Waals surface area contributed by atoms with Gasteiger partial charge in [0, 0.05) is 5.56 Å². The van der Waals surface area contributed by atoms with Gasteiger partial charge in [0.2, 0.25) is 0 Å². The summed E-state index contributed by atoms with van der Waals surface area (Å²) >= 11 is 0. The zero-order valence-corrected chi connectivity index (χ0v) is 10.5. The van der Waals surface area contributed by atoms with Crippen LogP contribution in [0.1, 0.15) is 22.7 Å². The molecule has 0 heterocycles. The van der Waals surface area contributed by atoms with Gasteiger partial charge in [0.1, 0.15) is 5.75 Å². The first-order valence-electron chi connectivity index (χ1n) is 5.94. The molecule has 100 valence electrons. The molecule has 0 saturated heterocycles. The second-order valence-corrected chi connectivity index (χ2v) is 4.30. The Morgan fingerprint density at radius 2 is 1.63 bits per heavy atom. The fraction of sp³-hybridized carbons (Fsp3) is 0.200. The van der Waals surface area contributed by atoms with Gasteiger partial charge in [-0.15, -0.1) is 0 Å². The molecule has 0 spiro atoms. The molecular formula is C15H15F2NO. The molecule has 0 aliphatic carbocycles. The van der Waals surface area contributed by atoms with Gasteiger partial charge in [-0.3, -0.25) is 0 Å². The summed E-state index contributed by atoms with van der Waals surface area (Å²) in [6.07, 6.45) is 0. The summed E-state index contributed by atoms with van der Waals surface area (Å²) in [4.78, 5) is 0. The highest BCUT2D eigenvalue weighted by atomic mass is 19.3. The summed E-state index contributed by atoms with van der Waals surface area (Å²) in [5.41, 5.74) is 8.64. The Hall–Kier alpha value is -1.94. The maximum atomic E-state index is 12.4. The van der Waals surface area contributed by atoms with E-state index in [1.54, 1.807) is 18.2 Å². The van der Waals surface area contributed by atoms with Crippen molar-refractivity contribution in [2.24, 2.45) is 5.73 Å². The van der Waals surface area contributed by atoms with Gasteiger partial charge in [-0.05, 0) is 18.6 Å². The van der Waals surface area contributed by atoms with E-state index in [0.717, 1.165) is 11.1 Å². The van der Waals surface area contributed by atoms with Gasteiger partial charge in [0.25, 0.3) is 0 Å². The summed E-state index contributed by atoms with van der Waals surface area (Å²) in [5.74, 6) is 0.116. The summed E-state index contributed by atoms with van der Waals surface area (Å²) in [7, 11) is 0. The van der Waals surface area contributed by atoms with Crippen LogP contribution in [0.4, 0.5) is 8.78 Å². The SMILES string of the molecule is Cc1ccc(C(N)c2ccccc2OC(F)F)cc1. The summed E-state index contributed by atoms with van der Waals surface area (Å²) < 4.78 is 29.2. The number of para-hydroxylation sites is 1. The van der Waals surface area contributed by atoms with E-state index in [1.807, 2.05) is 31.2 Å². The van der Waals surface area contributed by atoms with Crippen LogP contribution in [-0.4, -0.2) is 6.61 Å². The monoisotopic (exact) mass is 263 g/mol. The number of halogens is 2. The summed E-state index contributed by atoms with van der Waals surface area (Å²) in [6.45, 7) is -0.880. The predicted octanol–water partition coefficient (Wildman–Crippen LogP) is 3.64. The number of hydrogen-bond acceptors (Lipinski definition) is 2. The van der Waals surface area contributed by atoms with E-state index in [4.69, 9.17) is 5.73 Å². The van der Waals surface area contributed by atoms with E-state index in [1.165, 1.54) is 6.07 Å². The van der Waals surface area contributed by atoms with Gasteiger partial charge in [-0.2, -0.15) is 8.78 Å². The van der Waals surface area contributed by atoms with Crippen molar-refractivity contribution >= 4 is 0 Å². The lowest BCUT2D eigenvalue weighted by Crippen LogP contribution is -2.14. The van der Waals surface area contributed by atoms with Crippen LogP contribution >= 0.6 is 0 Å². The largest absolute Gasteiger partial charge is 0.434 e. The van der Waals surface area contributed by atoms with E-state index in [0.29, 0.717) is 5.56 Å². The van der Waals surface area contributed by atoms with Crippen LogP contribution in [-0.2, 0) is 0 Å². The van der Waals surface area contributed by atoms with Crippen molar-refractivity contribution in [3.05, 3.63) is 65.2 Å². The molecule has 0 aliphatic heterocycles. The van der Waals surface area contributed by atoms with Crippen LogP contribution < -0.4 is 10.5 Å². The molecule has 0 bridgehead atoms. The molecule has 0 radical (unpaired) electrons. The quantitative estimate of drug-likeness (QED) is 0.914. The normalized spacial score (nSPS) is 12.5. The molecule has 2 N–H and O–H groups in total. The van der Waals surface area contributed by atoms with E-state index in [-0.39, 0.29) is 5.75 Å². The van der Waals surface area contributed by atoms with Crippen LogP contribution in [0.3, 0.4) is 0 Å². The summed E-state index contributed by atoms with van der Waals surface area (Å²) in [6, 6.07) is 13.7. The maximum absolute atomic E-state index is 12.4. The Morgan fingerprint density at radius 1 is 1.00 bits per heavy atom. The zero-order valence-electron chi connectivity index (χ0n) is 10.5. The van der Waals surface area contributed by atoms with Crippen LogP contribution in [0, 0.1) is 6.92 Å². The molecule has 1 unspecified atom stereocenters. The molecule has 0 fully saturated rings. The second kappa shape index (κ2) is 5.80. The van der Waals surface area contributed by atoms with Crippen molar-refractivity contribution in [3.63, 3.8) is 0 Å². The molecular weight excluding hydrogens is 248 g/mol. The summed E-state index contributed by atoms with van der Waals surface area (Å²) in [5, 5.41) is 0. The number of benzene rings is 2. The van der Waals surface area contributed by atoms with Crippen molar-refractivity contribution in [1.29, 1.82) is 0 Å². The minimum atomic E-state index is -2.86. The fourth-order valence-corrected chi connectivity index (χ4v) is 1.89. The van der Waals surface area contributed by atoms with Gasteiger partial charge >= 0.3 is 6.61 Å². The van der Waals surface area contributed by atoms with Crippen LogP contribution in [0.25, 0.3) is 0 Å². The Bertz CT molecular complexity index is 540. The van der Waals surface area contributed by atoms with Crippen LogP contribution in [0.5, 0.6) is 5.75 Å². The number of rotatable bonds is 4. The Labute approximate surface area is 110 Å². The zero-order chi connectivity index (χ0) is 13.8. The number of nitrogens with two attached hydrogens (primary N) is 1. The first-order valence-corrected chi connectivity index (χ1v) is 5.94. The fourth-order valence-electron chi connectivity index (χ4n) is 1.89. The highest BCUT2D eigenvalue weighted by molar-refractivity contribution is 5.41. The molecule has 0 amide bonds. The van der Waals surface area contributed by atoms with Gasteiger partial charge in [0.05, 0.1) is 6.04 Å². The van der Waals surface area contributed by atoms with Gasteiger partial charge < -0.3 is 10.5 Å². The number of ether oxygens (including phenoxy) is 1. The Balaban J connectivity index is 2.32. The Morgan fingerprint density at radius 3 is 2.26 bits per heavy atom. The highest BCUT2D eigenvalue weighted by Crippen LogP contribution is 2.29. The Kier molecular flexibility index (Phi) is 4.12. The van der Waals surface area contributed by atoms with Crippen molar-refractivity contribution < 1.29 is 13.5 Å². The second-order valence-electron chi connectivity index (χ2n) is 4.30. The molecule has 19 heavy (non-hydrogen) atoms. The lowest BCUT2D eigenvalue weighted by atomic mass is 9.98. The van der Waals surface area contributed by atoms with Crippen molar-refractivity contribution in [1.82, 2.24) is 0 Å². The topological polar surface area (TPSA) is 35.2 Å². The first kappa shape index (κ1) is 13.5. The van der Waals surface area contributed by atoms with Crippen molar-refractivity contribution in [3.8, 4) is 5.75 Å². The lowest BCUT2D eigenvalue weighted by molar-refractivity contribution is -0.0505. The van der Waals surface area contributed by atoms with Gasteiger partial charge in [-0.25, -0.2) is 0 Å². The predicted molar refractivity (Wildman–Crippen MR) is 70.3 cm³/mol. The van der Waals surface area contributed by atoms with E-state index >= 15 is 0 Å². The average Bonchev–Trinajstić information content (AvgIpc) is 2.39. The molecule has 0 aliphatic rings. The first-order chi connectivity index (χ1) is 9.08. The van der Waals surface area contributed by atoms with E-state index < -0.39 is 12.7 Å². The number of aryl methyl sites for hydroxylation is 1. The van der Waals surface area contributed by atoms with Crippen LogP contribution in [0.15, 0.2) is 48.5 Å². The average molecular weight is 263 g/mol. The third-order valence-corrected chi connectivity index (χ3v) is 2.91. The van der Waals surface area contributed by atoms with Gasteiger partial charge in [0.15, 0.2) is 0 Å². The minimum absolute atomic E-state index is 0.116. The minimum Gasteiger partial charge on any atom is -0.434 e. The lowest BCUT2D eigenvalue weighted by Gasteiger charge is -2.17. The molecule has 0 aromatic heterocycles. The molecule has 2 nitrogen and oxygen atoms in total. The van der Waals surface area contributed by atoms with Crippen LogP contribution in [0.2, 0.25) is 0 Å². The third kappa shape index (κ3) is 3.29. The highest BCUT2D eigenvalue weighted by Gasteiger charge is 2.16.